The van der Waals surface area contributed by atoms with E-state index in [9.17, 15) is 0 Å². The van der Waals surface area contributed by atoms with Crippen molar-refractivity contribution >= 4 is 11.0 Å². The predicted molar refractivity (Wildman–Crippen MR) is 239 cm³/mol. The summed E-state index contributed by atoms with van der Waals surface area (Å²) < 4.78 is 4.26. The Balaban J connectivity index is 1.27. The van der Waals surface area contributed by atoms with Crippen LogP contribution in [0.1, 0.15) is 103 Å². The van der Waals surface area contributed by atoms with Gasteiger partial charge in [0.1, 0.15) is 0 Å². The summed E-state index contributed by atoms with van der Waals surface area (Å²) in [5, 5.41) is 0. The van der Waals surface area contributed by atoms with Gasteiger partial charge in [-0.2, -0.15) is 0 Å². The van der Waals surface area contributed by atoms with Crippen LogP contribution in [0.3, 0.4) is 0 Å². The molecule has 0 radical (unpaired) electrons. The molecule has 8 aromatic rings. The van der Waals surface area contributed by atoms with E-state index in [0.717, 1.165) is 70.9 Å². The van der Waals surface area contributed by atoms with Crippen LogP contribution in [0, 0.1) is 11.8 Å². The molecule has 0 saturated heterocycles. The Labute approximate surface area is 347 Å². The Bertz CT molecular complexity index is 2510. The standard InChI is InChI=1S/C51H54N8/c1-5-9-17-35(7-3)33-51(34-36(8-4)18-10-6-2)41-31-37(45-43-19-11-13-29-58(43)49(56-45)47-52-25-15-26-53-47)21-23-39(41)40-24-22-38(32-42(40)51)46-44-20-12-14-30-59(44)50(57-46)48-54-27-16-28-55-48/h11-16,19-32,35-36H,5-10,17-18,33-34H2,1-4H3. The molecule has 2 atom stereocenters. The van der Waals surface area contributed by atoms with Crippen molar-refractivity contribution in [2.24, 2.45) is 11.8 Å². The van der Waals surface area contributed by atoms with Gasteiger partial charge in [0.25, 0.3) is 0 Å². The van der Waals surface area contributed by atoms with Crippen molar-refractivity contribution < 1.29 is 0 Å². The summed E-state index contributed by atoms with van der Waals surface area (Å²) in [6.07, 6.45) is 23.2. The maximum absolute atomic E-state index is 5.31. The second kappa shape index (κ2) is 16.7. The number of imidazole rings is 2. The van der Waals surface area contributed by atoms with Crippen molar-refractivity contribution in [3.63, 3.8) is 0 Å². The smallest absolute Gasteiger partial charge is 0.196 e. The Hall–Kier alpha value is -6.02. The molecule has 59 heavy (non-hydrogen) atoms. The molecule has 8 heteroatoms. The number of aromatic nitrogens is 8. The van der Waals surface area contributed by atoms with Gasteiger partial charge in [0.05, 0.1) is 22.4 Å². The monoisotopic (exact) mass is 778 g/mol. The van der Waals surface area contributed by atoms with E-state index in [-0.39, 0.29) is 5.41 Å². The molecule has 0 aliphatic heterocycles. The lowest BCUT2D eigenvalue weighted by Crippen LogP contribution is -2.31. The molecule has 0 saturated carbocycles. The van der Waals surface area contributed by atoms with Gasteiger partial charge in [-0.05, 0) is 95.5 Å². The highest BCUT2D eigenvalue weighted by molar-refractivity contribution is 5.90. The molecule has 1 aliphatic rings. The first-order valence-electron chi connectivity index (χ1n) is 21.9. The number of rotatable bonds is 16. The minimum Gasteiger partial charge on any atom is -0.296 e. The highest BCUT2D eigenvalue weighted by Gasteiger charge is 2.46. The third-order valence-electron chi connectivity index (χ3n) is 12.9. The molecule has 1 aliphatic carbocycles. The van der Waals surface area contributed by atoms with Crippen LogP contribution < -0.4 is 0 Å². The summed E-state index contributed by atoms with van der Waals surface area (Å²) in [7, 11) is 0. The largest absolute Gasteiger partial charge is 0.296 e. The van der Waals surface area contributed by atoms with Crippen LogP contribution in [-0.4, -0.2) is 38.7 Å². The van der Waals surface area contributed by atoms with E-state index in [2.05, 4.69) is 129 Å². The van der Waals surface area contributed by atoms with Crippen LogP contribution in [0.5, 0.6) is 0 Å². The van der Waals surface area contributed by atoms with Gasteiger partial charge >= 0.3 is 0 Å². The zero-order valence-electron chi connectivity index (χ0n) is 34.9. The average molecular weight is 779 g/mol. The van der Waals surface area contributed by atoms with Gasteiger partial charge in [-0.1, -0.05) is 115 Å². The second-order valence-electron chi connectivity index (χ2n) is 16.5. The van der Waals surface area contributed by atoms with E-state index in [1.54, 1.807) is 24.8 Å². The molecule has 0 bridgehead atoms. The van der Waals surface area contributed by atoms with E-state index >= 15 is 0 Å². The number of hydrogen-bond donors (Lipinski definition) is 0. The minimum absolute atomic E-state index is 0.193. The fourth-order valence-electron chi connectivity index (χ4n) is 9.83. The van der Waals surface area contributed by atoms with Crippen molar-refractivity contribution in [2.75, 3.05) is 0 Å². The summed E-state index contributed by atoms with van der Waals surface area (Å²) in [6.45, 7) is 9.46. The first kappa shape index (κ1) is 38.5. The molecule has 2 unspecified atom stereocenters. The molecular formula is C51H54N8. The summed E-state index contributed by atoms with van der Waals surface area (Å²) in [5.41, 5.74) is 11.6. The topological polar surface area (TPSA) is 86.2 Å². The summed E-state index contributed by atoms with van der Waals surface area (Å²) >= 11 is 0. The summed E-state index contributed by atoms with van der Waals surface area (Å²) in [4.78, 5) is 29.1. The quantitative estimate of drug-likeness (QED) is 0.0971. The molecule has 8 nitrogen and oxygen atoms in total. The molecule has 0 amide bonds. The maximum atomic E-state index is 5.31. The number of nitrogens with zero attached hydrogens (tertiary/aromatic N) is 8. The minimum atomic E-state index is -0.193. The SMILES string of the molecule is CCCCC(CC)CC1(CC(CC)CCCC)c2cc(-c3nc(-c4ncccn4)n4ccccc34)ccc2-c2ccc(-c3nc(-c4ncccn4)n4ccccc34)cc21. The van der Waals surface area contributed by atoms with Crippen molar-refractivity contribution in [1.82, 2.24) is 38.7 Å². The molecular weight excluding hydrogens is 725 g/mol. The fourth-order valence-corrected chi connectivity index (χ4v) is 9.83. The lowest BCUT2D eigenvalue weighted by molar-refractivity contribution is 0.266. The zero-order valence-corrected chi connectivity index (χ0v) is 34.9. The molecule has 6 heterocycles. The van der Waals surface area contributed by atoms with Crippen molar-refractivity contribution in [3.8, 4) is 56.9 Å². The second-order valence-corrected chi connectivity index (χ2v) is 16.5. The first-order valence-corrected chi connectivity index (χ1v) is 21.9. The van der Waals surface area contributed by atoms with Crippen molar-refractivity contribution in [2.45, 2.75) is 97.3 Å². The van der Waals surface area contributed by atoms with E-state index in [4.69, 9.17) is 9.97 Å². The van der Waals surface area contributed by atoms with Crippen molar-refractivity contribution in [3.05, 3.63) is 133 Å². The third kappa shape index (κ3) is 7.02. The molecule has 2 aromatic carbocycles. The normalized spacial score (nSPS) is 14.1. The molecule has 298 valence electrons. The molecule has 0 fully saturated rings. The number of fused-ring (bicyclic) bond motifs is 5. The van der Waals surface area contributed by atoms with Crippen LogP contribution in [0.25, 0.3) is 68.0 Å². The van der Waals surface area contributed by atoms with Gasteiger partial charge in [0.2, 0.25) is 0 Å². The first-order chi connectivity index (χ1) is 29.1. The van der Waals surface area contributed by atoms with Gasteiger partial charge in [-0.15, -0.1) is 0 Å². The molecule has 6 aromatic heterocycles. The number of pyridine rings is 2. The maximum Gasteiger partial charge on any atom is 0.196 e. The van der Waals surface area contributed by atoms with E-state index in [1.165, 1.54) is 60.8 Å². The Morgan fingerprint density at radius 2 is 0.966 bits per heavy atom. The Morgan fingerprint density at radius 1 is 0.525 bits per heavy atom. The van der Waals surface area contributed by atoms with Gasteiger partial charge in [0, 0.05) is 53.7 Å². The van der Waals surface area contributed by atoms with Crippen LogP contribution in [-0.2, 0) is 5.41 Å². The van der Waals surface area contributed by atoms with Crippen LogP contribution in [0.2, 0.25) is 0 Å². The van der Waals surface area contributed by atoms with Crippen LogP contribution in [0.15, 0.2) is 122 Å². The Morgan fingerprint density at radius 3 is 1.37 bits per heavy atom. The highest BCUT2D eigenvalue weighted by atomic mass is 15.1. The summed E-state index contributed by atoms with van der Waals surface area (Å²) in [5.74, 6) is 3.92. The highest BCUT2D eigenvalue weighted by Crippen LogP contribution is 2.58. The van der Waals surface area contributed by atoms with Gasteiger partial charge in [-0.3, -0.25) is 8.80 Å². The molecule has 9 rings (SSSR count). The number of hydrogen-bond acceptors (Lipinski definition) is 6. The van der Waals surface area contributed by atoms with E-state index in [0.29, 0.717) is 23.5 Å². The van der Waals surface area contributed by atoms with Crippen LogP contribution in [0.4, 0.5) is 0 Å². The number of unbranched alkanes of at least 4 members (excludes halogenated alkanes) is 2. The fraction of sp³-hybridized carbons (Fsp3) is 0.333. The Kier molecular flexibility index (Phi) is 10.9. The molecule has 0 N–H and O–H groups in total. The summed E-state index contributed by atoms with van der Waals surface area (Å²) in [6, 6.07) is 30.7. The lowest BCUT2D eigenvalue weighted by Gasteiger charge is -2.39. The van der Waals surface area contributed by atoms with Crippen LogP contribution >= 0.6 is 0 Å². The zero-order chi connectivity index (χ0) is 40.3. The van der Waals surface area contributed by atoms with Gasteiger partial charge < -0.3 is 0 Å². The predicted octanol–water partition coefficient (Wildman–Crippen LogP) is 12.7. The van der Waals surface area contributed by atoms with Gasteiger partial charge in [0.15, 0.2) is 23.3 Å². The van der Waals surface area contributed by atoms with Crippen molar-refractivity contribution in [1.29, 1.82) is 0 Å². The van der Waals surface area contributed by atoms with Gasteiger partial charge in [-0.25, -0.2) is 29.9 Å². The van der Waals surface area contributed by atoms with E-state index < -0.39 is 0 Å². The van der Waals surface area contributed by atoms with E-state index in [1.807, 2.05) is 24.3 Å². The third-order valence-corrected chi connectivity index (χ3v) is 12.9. The lowest BCUT2D eigenvalue weighted by atomic mass is 9.65. The molecule has 0 spiro atoms. The average Bonchev–Trinajstić information content (AvgIpc) is 3.96. The number of benzene rings is 2.